The number of nitrogens with zero attached hydrogens (tertiary/aromatic N) is 1. The third-order valence-electron chi connectivity index (χ3n) is 3.87. The summed E-state index contributed by atoms with van der Waals surface area (Å²) in [7, 11) is 0. The first-order valence-electron chi connectivity index (χ1n) is 7.92. The molecule has 0 saturated carbocycles. The summed E-state index contributed by atoms with van der Waals surface area (Å²) in [6.07, 6.45) is 0. The second-order valence-electron chi connectivity index (χ2n) is 5.62. The molecule has 25 heavy (non-hydrogen) atoms. The van der Waals surface area contributed by atoms with Crippen LogP contribution in [0.25, 0.3) is 22.4 Å². The minimum absolute atomic E-state index is 0.707. The van der Waals surface area contributed by atoms with Gasteiger partial charge >= 0.3 is 0 Å². The Hall–Kier alpha value is -2.62. The number of thiazole rings is 1. The van der Waals surface area contributed by atoms with Crippen molar-refractivity contribution in [3.63, 3.8) is 0 Å². The Balaban J connectivity index is 1.54. The first-order chi connectivity index (χ1) is 12.3. The Morgan fingerprint density at radius 3 is 2.24 bits per heavy atom. The molecule has 0 fully saturated rings. The molecule has 1 aromatic heterocycles. The average molecular weight is 363 g/mol. The lowest BCUT2D eigenvalue weighted by Crippen LogP contribution is -1.89. The van der Waals surface area contributed by atoms with Gasteiger partial charge in [0.2, 0.25) is 0 Å². The molecule has 4 rings (SSSR count). The molecule has 0 bridgehead atoms. The van der Waals surface area contributed by atoms with Crippen molar-refractivity contribution in [3.8, 4) is 22.4 Å². The third-order valence-corrected chi connectivity index (χ3v) is 4.86. The van der Waals surface area contributed by atoms with Crippen LogP contribution in [0.2, 0.25) is 5.02 Å². The Morgan fingerprint density at radius 1 is 0.760 bits per heavy atom. The van der Waals surface area contributed by atoms with Crippen molar-refractivity contribution in [2.24, 2.45) is 0 Å². The van der Waals surface area contributed by atoms with Crippen molar-refractivity contribution >= 4 is 33.8 Å². The molecule has 2 nitrogen and oxygen atoms in total. The first-order valence-corrected chi connectivity index (χ1v) is 9.18. The summed E-state index contributed by atoms with van der Waals surface area (Å²) in [4.78, 5) is 4.67. The van der Waals surface area contributed by atoms with Crippen LogP contribution >= 0.6 is 22.9 Å². The van der Waals surface area contributed by atoms with Crippen molar-refractivity contribution in [1.29, 1.82) is 0 Å². The van der Waals surface area contributed by atoms with E-state index < -0.39 is 0 Å². The summed E-state index contributed by atoms with van der Waals surface area (Å²) in [6.45, 7) is 0. The lowest BCUT2D eigenvalue weighted by Gasteiger charge is -2.03. The van der Waals surface area contributed by atoms with Gasteiger partial charge in [-0.2, -0.15) is 0 Å². The summed E-state index contributed by atoms with van der Waals surface area (Å²) in [5.41, 5.74) is 5.43. The van der Waals surface area contributed by atoms with E-state index >= 15 is 0 Å². The van der Waals surface area contributed by atoms with Crippen LogP contribution in [0, 0.1) is 0 Å². The predicted molar refractivity (Wildman–Crippen MR) is 108 cm³/mol. The maximum absolute atomic E-state index is 6.02. The highest BCUT2D eigenvalue weighted by molar-refractivity contribution is 7.14. The second-order valence-corrected chi connectivity index (χ2v) is 6.91. The molecule has 1 N–H and O–H groups in total. The zero-order valence-corrected chi connectivity index (χ0v) is 14.9. The van der Waals surface area contributed by atoms with Gasteiger partial charge < -0.3 is 5.32 Å². The fourth-order valence-corrected chi connectivity index (χ4v) is 3.55. The van der Waals surface area contributed by atoms with E-state index in [0.29, 0.717) is 5.02 Å². The normalized spacial score (nSPS) is 10.6. The standard InChI is InChI=1S/C21H15ClN2S/c22-18-7-4-8-19(13-18)23-21-24-20(14-25-21)17-11-9-16(10-12-17)15-5-2-1-3-6-15/h1-14H,(H,23,24). The van der Waals surface area contributed by atoms with E-state index in [1.165, 1.54) is 11.1 Å². The van der Waals surface area contributed by atoms with Gasteiger partial charge in [-0.25, -0.2) is 4.98 Å². The maximum atomic E-state index is 6.02. The zero-order chi connectivity index (χ0) is 17.1. The molecule has 4 aromatic rings. The highest BCUT2D eigenvalue weighted by Crippen LogP contribution is 2.29. The first kappa shape index (κ1) is 15.9. The number of nitrogens with one attached hydrogen (secondary N) is 1. The van der Waals surface area contributed by atoms with Crippen LogP contribution in [0.1, 0.15) is 0 Å². The van der Waals surface area contributed by atoms with Crippen molar-refractivity contribution < 1.29 is 0 Å². The van der Waals surface area contributed by atoms with E-state index in [9.17, 15) is 0 Å². The summed E-state index contributed by atoms with van der Waals surface area (Å²) in [5, 5.41) is 6.91. The monoisotopic (exact) mass is 362 g/mol. The molecule has 0 unspecified atom stereocenters. The molecular formula is C21H15ClN2S. The van der Waals surface area contributed by atoms with E-state index in [1.807, 2.05) is 30.3 Å². The van der Waals surface area contributed by atoms with Gasteiger partial charge in [0.25, 0.3) is 0 Å². The van der Waals surface area contributed by atoms with Crippen molar-refractivity contribution in [2.45, 2.75) is 0 Å². The molecule has 0 aliphatic heterocycles. The summed E-state index contributed by atoms with van der Waals surface area (Å²) in [6, 6.07) is 26.5. The van der Waals surface area contributed by atoms with E-state index in [-0.39, 0.29) is 0 Å². The molecule has 0 aliphatic rings. The van der Waals surface area contributed by atoms with E-state index in [1.54, 1.807) is 11.3 Å². The van der Waals surface area contributed by atoms with Gasteiger partial charge in [0.05, 0.1) is 5.69 Å². The summed E-state index contributed by atoms with van der Waals surface area (Å²) >= 11 is 7.60. The fourth-order valence-electron chi connectivity index (χ4n) is 2.62. The van der Waals surface area contributed by atoms with Crippen LogP contribution in [0.15, 0.2) is 84.2 Å². The number of anilines is 2. The van der Waals surface area contributed by atoms with Crippen LogP contribution in [-0.2, 0) is 0 Å². The van der Waals surface area contributed by atoms with Gasteiger partial charge in [-0.3, -0.25) is 0 Å². The number of rotatable bonds is 4. The highest BCUT2D eigenvalue weighted by Gasteiger charge is 2.06. The van der Waals surface area contributed by atoms with Crippen molar-refractivity contribution in [3.05, 3.63) is 89.3 Å². The molecule has 1 heterocycles. The Kier molecular flexibility index (Phi) is 4.51. The molecule has 0 spiro atoms. The van der Waals surface area contributed by atoms with Gasteiger partial charge in [0.15, 0.2) is 5.13 Å². The minimum Gasteiger partial charge on any atom is -0.331 e. The van der Waals surface area contributed by atoms with Gasteiger partial charge in [0, 0.05) is 21.7 Å². The largest absolute Gasteiger partial charge is 0.331 e. The molecule has 122 valence electrons. The number of hydrogen-bond acceptors (Lipinski definition) is 3. The molecule has 3 aromatic carbocycles. The molecule has 0 saturated heterocycles. The Labute approximate surface area is 155 Å². The Bertz CT molecular complexity index is 978. The SMILES string of the molecule is Clc1cccc(Nc2nc(-c3ccc(-c4ccccc4)cc3)cs2)c1. The third kappa shape index (κ3) is 3.73. The van der Waals surface area contributed by atoms with Crippen molar-refractivity contribution in [1.82, 2.24) is 4.98 Å². The van der Waals surface area contributed by atoms with Gasteiger partial charge in [-0.05, 0) is 29.3 Å². The van der Waals surface area contributed by atoms with E-state index in [2.05, 4.69) is 64.2 Å². The molecule has 0 atom stereocenters. The van der Waals surface area contributed by atoms with E-state index in [4.69, 9.17) is 11.6 Å². The number of aromatic nitrogens is 1. The minimum atomic E-state index is 0.707. The van der Waals surface area contributed by atoms with E-state index in [0.717, 1.165) is 22.1 Å². The lowest BCUT2D eigenvalue weighted by atomic mass is 10.0. The zero-order valence-electron chi connectivity index (χ0n) is 13.3. The summed E-state index contributed by atoms with van der Waals surface area (Å²) < 4.78 is 0. The summed E-state index contributed by atoms with van der Waals surface area (Å²) in [5.74, 6) is 0. The molecular weight excluding hydrogens is 348 g/mol. The lowest BCUT2D eigenvalue weighted by molar-refractivity contribution is 1.38. The molecule has 0 aliphatic carbocycles. The fraction of sp³-hybridized carbons (Fsp3) is 0. The maximum Gasteiger partial charge on any atom is 0.187 e. The van der Waals surface area contributed by atoms with Crippen molar-refractivity contribution in [2.75, 3.05) is 5.32 Å². The number of benzene rings is 3. The second kappa shape index (κ2) is 7.09. The predicted octanol–water partition coefficient (Wildman–Crippen LogP) is 6.87. The number of halogens is 1. The topological polar surface area (TPSA) is 24.9 Å². The number of hydrogen-bond donors (Lipinski definition) is 1. The molecule has 4 heteroatoms. The van der Waals surface area contributed by atoms with Gasteiger partial charge in [0.1, 0.15) is 0 Å². The highest BCUT2D eigenvalue weighted by atomic mass is 35.5. The van der Waals surface area contributed by atoms with Crippen LogP contribution in [0.4, 0.5) is 10.8 Å². The molecule has 0 amide bonds. The van der Waals surface area contributed by atoms with Crippen LogP contribution in [0.3, 0.4) is 0 Å². The Morgan fingerprint density at radius 2 is 1.48 bits per heavy atom. The smallest absolute Gasteiger partial charge is 0.187 e. The molecule has 0 radical (unpaired) electrons. The van der Waals surface area contributed by atoms with Gasteiger partial charge in [-0.15, -0.1) is 11.3 Å². The van der Waals surface area contributed by atoms with Crippen LogP contribution < -0.4 is 5.32 Å². The van der Waals surface area contributed by atoms with Crippen LogP contribution in [-0.4, -0.2) is 4.98 Å². The quantitative estimate of drug-likeness (QED) is 0.428. The van der Waals surface area contributed by atoms with Gasteiger partial charge in [-0.1, -0.05) is 72.3 Å². The van der Waals surface area contributed by atoms with Crippen LogP contribution in [0.5, 0.6) is 0 Å². The average Bonchev–Trinajstić information content (AvgIpc) is 3.11.